The van der Waals surface area contributed by atoms with Crippen molar-refractivity contribution in [3.05, 3.63) is 54.7 Å². The van der Waals surface area contributed by atoms with E-state index in [1.807, 2.05) is 48.7 Å². The molecule has 0 unspecified atom stereocenters. The number of fused-ring (bicyclic) bond motifs is 2. The van der Waals surface area contributed by atoms with Gasteiger partial charge in [0.1, 0.15) is 11.0 Å². The van der Waals surface area contributed by atoms with E-state index in [1.165, 1.54) is 24.1 Å². The summed E-state index contributed by atoms with van der Waals surface area (Å²) in [5, 5.41) is 8.97. The number of hydrogen-bond acceptors (Lipinski definition) is 5. The summed E-state index contributed by atoms with van der Waals surface area (Å²) in [6.45, 7) is 5.64. The Morgan fingerprint density at radius 3 is 2.61 bits per heavy atom. The van der Waals surface area contributed by atoms with Crippen molar-refractivity contribution >= 4 is 28.0 Å². The Morgan fingerprint density at radius 2 is 1.81 bits per heavy atom. The monoisotopic (exact) mass is 417 g/mol. The van der Waals surface area contributed by atoms with E-state index in [2.05, 4.69) is 32.8 Å². The Morgan fingerprint density at radius 1 is 1.06 bits per heavy atom. The maximum atomic E-state index is 12.9. The van der Waals surface area contributed by atoms with Crippen molar-refractivity contribution in [2.75, 3.05) is 19.6 Å². The van der Waals surface area contributed by atoms with Gasteiger partial charge in [0.05, 0.1) is 5.52 Å². The first kappa shape index (κ1) is 19.8. The molecule has 0 N–H and O–H groups in total. The summed E-state index contributed by atoms with van der Waals surface area (Å²) < 4.78 is 9.32. The fraction of sp³-hybridized carbons (Fsp3) is 0.375. The fourth-order valence-corrected chi connectivity index (χ4v) is 4.50. The van der Waals surface area contributed by atoms with Gasteiger partial charge in [-0.3, -0.25) is 0 Å². The first-order valence-electron chi connectivity index (χ1n) is 11.1. The Balaban J connectivity index is 1.40. The van der Waals surface area contributed by atoms with E-state index in [4.69, 9.17) is 4.74 Å². The lowest BCUT2D eigenvalue weighted by Crippen LogP contribution is -2.35. The van der Waals surface area contributed by atoms with E-state index in [-0.39, 0.29) is 0 Å². The van der Waals surface area contributed by atoms with Crippen LogP contribution in [0.5, 0.6) is 5.75 Å². The summed E-state index contributed by atoms with van der Waals surface area (Å²) in [4.78, 5) is 15.4. The van der Waals surface area contributed by atoms with Gasteiger partial charge in [0, 0.05) is 30.7 Å². The molecule has 31 heavy (non-hydrogen) atoms. The van der Waals surface area contributed by atoms with E-state index >= 15 is 0 Å². The Hall–Kier alpha value is -3.19. The lowest BCUT2D eigenvalue weighted by molar-refractivity contribution is 0.185. The van der Waals surface area contributed by atoms with Gasteiger partial charge >= 0.3 is 6.09 Å². The van der Waals surface area contributed by atoms with Gasteiger partial charge in [0.15, 0.2) is 5.75 Å². The summed E-state index contributed by atoms with van der Waals surface area (Å²) in [5.74, 6) is 0.564. The molecule has 1 aliphatic rings. The zero-order valence-corrected chi connectivity index (χ0v) is 17.8. The number of carbonyl (C=O) groups excluding carboxylic acids is 1. The molecule has 2 aromatic carbocycles. The van der Waals surface area contributed by atoms with Crippen LogP contribution in [0, 0.1) is 0 Å². The van der Waals surface area contributed by atoms with Crippen LogP contribution < -0.4 is 4.74 Å². The minimum Gasteiger partial charge on any atom is -0.406 e. The first-order chi connectivity index (χ1) is 15.2. The molecule has 1 fully saturated rings. The highest BCUT2D eigenvalue weighted by atomic mass is 16.6. The third-order valence-electron chi connectivity index (χ3n) is 6.20. The predicted molar refractivity (Wildman–Crippen MR) is 121 cm³/mol. The second-order valence-electron chi connectivity index (χ2n) is 8.20. The molecule has 4 aromatic rings. The normalized spacial score (nSPS) is 15.6. The molecule has 7 heteroatoms. The van der Waals surface area contributed by atoms with Crippen LogP contribution in [0.25, 0.3) is 21.9 Å². The summed E-state index contributed by atoms with van der Waals surface area (Å²) >= 11 is 0. The molecule has 0 spiro atoms. The maximum absolute atomic E-state index is 12.9. The quantitative estimate of drug-likeness (QED) is 0.463. The second-order valence-corrected chi connectivity index (χ2v) is 8.20. The van der Waals surface area contributed by atoms with Gasteiger partial charge in [-0.25, -0.2) is 4.79 Å². The highest BCUT2D eigenvalue weighted by molar-refractivity contribution is 5.91. The van der Waals surface area contributed by atoms with Crippen molar-refractivity contribution in [2.45, 2.75) is 38.6 Å². The molecule has 1 aliphatic heterocycles. The fourth-order valence-electron chi connectivity index (χ4n) is 4.50. The standard InChI is InChI=1S/C24H27N5O2/c1-2-3-14-27-15-12-18(13-16-27)28-17-23(19-8-4-6-10-21(19)28)31-24(30)29-22-11-7-5-9-20(22)25-26-29/h4-11,17-18H,2-3,12-16H2,1H3. The van der Waals surface area contributed by atoms with Crippen molar-refractivity contribution in [1.29, 1.82) is 0 Å². The van der Waals surface area contributed by atoms with Crippen molar-refractivity contribution in [3.63, 3.8) is 0 Å². The molecule has 0 aliphatic carbocycles. The number of likely N-dealkylation sites (tertiary alicyclic amines) is 1. The summed E-state index contributed by atoms with van der Waals surface area (Å²) in [5.41, 5.74) is 2.40. The van der Waals surface area contributed by atoms with E-state index in [9.17, 15) is 4.79 Å². The highest BCUT2D eigenvalue weighted by Crippen LogP contribution is 2.34. The molecular weight excluding hydrogens is 390 g/mol. The molecule has 1 saturated heterocycles. The van der Waals surface area contributed by atoms with Crippen LogP contribution in [0.3, 0.4) is 0 Å². The maximum Gasteiger partial charge on any atom is 0.442 e. The predicted octanol–water partition coefficient (Wildman–Crippen LogP) is 4.87. The van der Waals surface area contributed by atoms with Crippen molar-refractivity contribution < 1.29 is 9.53 Å². The molecule has 5 rings (SSSR count). The molecule has 2 aromatic heterocycles. The van der Waals surface area contributed by atoms with Gasteiger partial charge in [0.25, 0.3) is 0 Å². The first-order valence-corrected chi connectivity index (χ1v) is 11.1. The van der Waals surface area contributed by atoms with Crippen LogP contribution >= 0.6 is 0 Å². The Kier molecular flexibility index (Phi) is 5.42. The number of benzene rings is 2. The zero-order valence-electron chi connectivity index (χ0n) is 17.8. The largest absolute Gasteiger partial charge is 0.442 e. The van der Waals surface area contributed by atoms with Crippen molar-refractivity contribution in [1.82, 2.24) is 24.5 Å². The highest BCUT2D eigenvalue weighted by Gasteiger charge is 2.24. The van der Waals surface area contributed by atoms with E-state index in [1.54, 1.807) is 0 Å². The number of carbonyl (C=O) groups is 1. The molecular formula is C24H27N5O2. The summed E-state index contributed by atoms with van der Waals surface area (Å²) in [6, 6.07) is 15.9. The van der Waals surface area contributed by atoms with Gasteiger partial charge in [-0.05, 0) is 50.1 Å². The van der Waals surface area contributed by atoms with Crippen LogP contribution in [0.2, 0.25) is 0 Å². The third kappa shape index (κ3) is 3.81. The minimum atomic E-state index is -0.550. The number of rotatable bonds is 5. The van der Waals surface area contributed by atoms with Gasteiger partial charge in [-0.1, -0.05) is 42.8 Å². The second kappa shape index (κ2) is 8.51. The average molecular weight is 418 g/mol. The lowest BCUT2D eigenvalue weighted by Gasteiger charge is -2.33. The SMILES string of the molecule is CCCCN1CCC(n2cc(OC(=O)n3nnc4ccccc43)c3ccccc32)CC1. The van der Waals surface area contributed by atoms with Gasteiger partial charge < -0.3 is 14.2 Å². The average Bonchev–Trinajstić information content (AvgIpc) is 3.40. The molecule has 0 saturated carbocycles. The summed E-state index contributed by atoms with van der Waals surface area (Å²) in [7, 11) is 0. The third-order valence-corrected chi connectivity index (χ3v) is 6.20. The lowest BCUT2D eigenvalue weighted by atomic mass is 10.0. The van der Waals surface area contributed by atoms with E-state index < -0.39 is 6.09 Å². The van der Waals surface area contributed by atoms with Gasteiger partial charge in [-0.2, -0.15) is 0 Å². The molecule has 0 amide bonds. The molecule has 0 bridgehead atoms. The number of piperidine rings is 1. The number of ether oxygens (including phenoxy) is 1. The molecule has 7 nitrogen and oxygen atoms in total. The van der Waals surface area contributed by atoms with Crippen LogP contribution in [-0.2, 0) is 0 Å². The number of hydrogen-bond donors (Lipinski definition) is 0. The van der Waals surface area contributed by atoms with Gasteiger partial charge in [0.2, 0.25) is 0 Å². The van der Waals surface area contributed by atoms with Crippen molar-refractivity contribution in [2.24, 2.45) is 0 Å². The Labute approximate surface area is 181 Å². The Bertz CT molecular complexity index is 1200. The van der Waals surface area contributed by atoms with Crippen LogP contribution in [0.15, 0.2) is 54.7 Å². The number of unbranched alkanes of at least 4 members (excludes halogenated alkanes) is 1. The van der Waals surface area contributed by atoms with E-state index in [0.717, 1.165) is 36.8 Å². The van der Waals surface area contributed by atoms with Crippen molar-refractivity contribution in [3.8, 4) is 5.75 Å². The number of nitrogens with zero attached hydrogens (tertiary/aromatic N) is 5. The van der Waals surface area contributed by atoms with Crippen LogP contribution in [-0.4, -0.2) is 50.2 Å². The van der Waals surface area contributed by atoms with Gasteiger partial charge in [-0.15, -0.1) is 9.78 Å². The van der Waals surface area contributed by atoms with Crippen LogP contribution in [0.4, 0.5) is 4.79 Å². The van der Waals surface area contributed by atoms with Crippen LogP contribution in [0.1, 0.15) is 38.6 Å². The number of para-hydroxylation sites is 2. The van der Waals surface area contributed by atoms with E-state index in [0.29, 0.717) is 22.8 Å². The smallest absolute Gasteiger partial charge is 0.406 e. The molecule has 0 radical (unpaired) electrons. The molecule has 0 atom stereocenters. The molecule has 3 heterocycles. The minimum absolute atomic E-state index is 0.405. The number of aromatic nitrogens is 4. The zero-order chi connectivity index (χ0) is 21.2. The topological polar surface area (TPSA) is 65.2 Å². The summed E-state index contributed by atoms with van der Waals surface area (Å²) in [6.07, 6.45) is 6.12. The molecule has 160 valence electrons.